The van der Waals surface area contributed by atoms with Gasteiger partial charge in [-0.05, 0) is 96.0 Å². The average molecular weight is 527 g/mol. The van der Waals surface area contributed by atoms with Crippen LogP contribution in [0.3, 0.4) is 0 Å². The van der Waals surface area contributed by atoms with Crippen molar-refractivity contribution in [1.29, 1.82) is 0 Å². The second-order valence-corrected chi connectivity index (χ2v) is 10.9. The molecule has 0 bridgehead atoms. The number of hydrogen-bond acceptors (Lipinski definition) is 5. The fourth-order valence-electron chi connectivity index (χ4n) is 5.93. The molecule has 1 heterocycles. The molecule has 5 nitrogen and oxygen atoms in total. The summed E-state index contributed by atoms with van der Waals surface area (Å²) in [6, 6.07) is 12.9. The first-order chi connectivity index (χ1) is 18.9. The van der Waals surface area contributed by atoms with Crippen LogP contribution < -0.4 is 4.74 Å². The Morgan fingerprint density at radius 2 is 1.87 bits per heavy atom. The summed E-state index contributed by atoms with van der Waals surface area (Å²) in [5.74, 6) is 7.46. The molecule has 0 unspecified atom stereocenters. The monoisotopic (exact) mass is 526 g/mol. The Morgan fingerprint density at radius 3 is 2.72 bits per heavy atom. The first-order valence-electron chi connectivity index (χ1n) is 14.2. The van der Waals surface area contributed by atoms with Gasteiger partial charge in [0.05, 0.1) is 12.2 Å². The molecule has 2 aliphatic rings. The van der Waals surface area contributed by atoms with E-state index in [1.165, 1.54) is 0 Å². The van der Waals surface area contributed by atoms with Crippen molar-refractivity contribution in [3.8, 4) is 40.2 Å². The Labute approximate surface area is 230 Å². The van der Waals surface area contributed by atoms with E-state index < -0.39 is 12.2 Å². The molecule has 1 aliphatic heterocycles. The highest BCUT2D eigenvalue weighted by molar-refractivity contribution is 5.95. The third kappa shape index (κ3) is 6.08. The van der Waals surface area contributed by atoms with Crippen LogP contribution in [0.4, 0.5) is 0 Å². The summed E-state index contributed by atoms with van der Waals surface area (Å²) in [5, 5.41) is 44.8. The normalized spacial score (nSPS) is 21.9. The van der Waals surface area contributed by atoms with Crippen molar-refractivity contribution >= 4 is 16.8 Å². The number of aliphatic hydroxyl groups is 2. The van der Waals surface area contributed by atoms with Gasteiger partial charge in [0.1, 0.15) is 12.4 Å². The van der Waals surface area contributed by atoms with Crippen LogP contribution in [0.2, 0.25) is 0 Å². The SMILES string of the molecule is CC[C@H]1C#CC[C@H]([C@H](O)CCc2ccc(O)c3c2-c2cc4ccc(O)cc4cc2C=CCO3)[C@@H](O)CCCC1. The van der Waals surface area contributed by atoms with Gasteiger partial charge in [0, 0.05) is 23.8 Å². The number of hydrogen-bond donors (Lipinski definition) is 4. The van der Waals surface area contributed by atoms with Crippen LogP contribution in [0.25, 0.3) is 28.0 Å². The summed E-state index contributed by atoms with van der Waals surface area (Å²) in [6.45, 7) is 2.48. The lowest BCUT2D eigenvalue weighted by Crippen LogP contribution is -2.32. The van der Waals surface area contributed by atoms with E-state index >= 15 is 0 Å². The largest absolute Gasteiger partial charge is 0.508 e. The molecule has 5 rings (SSSR count). The number of rotatable bonds is 5. The third-order valence-electron chi connectivity index (χ3n) is 8.24. The first kappa shape index (κ1) is 27.1. The molecule has 5 heteroatoms. The predicted molar refractivity (Wildman–Crippen MR) is 156 cm³/mol. The molecule has 0 amide bonds. The second-order valence-electron chi connectivity index (χ2n) is 10.9. The van der Waals surface area contributed by atoms with E-state index in [0.29, 0.717) is 44.0 Å². The van der Waals surface area contributed by atoms with Gasteiger partial charge in [0.2, 0.25) is 0 Å². The number of phenols is 2. The zero-order chi connectivity index (χ0) is 27.4. The van der Waals surface area contributed by atoms with Crippen molar-refractivity contribution in [3.63, 3.8) is 0 Å². The summed E-state index contributed by atoms with van der Waals surface area (Å²) in [7, 11) is 0. The molecule has 0 fully saturated rings. The van der Waals surface area contributed by atoms with Gasteiger partial charge in [-0.3, -0.25) is 0 Å². The van der Waals surface area contributed by atoms with Gasteiger partial charge in [-0.2, -0.15) is 0 Å². The Kier molecular flexibility index (Phi) is 8.45. The molecule has 1 aliphatic carbocycles. The van der Waals surface area contributed by atoms with Crippen molar-refractivity contribution in [3.05, 3.63) is 59.7 Å². The molecule has 0 saturated carbocycles. The minimum Gasteiger partial charge on any atom is -0.508 e. The van der Waals surface area contributed by atoms with E-state index in [2.05, 4.69) is 24.8 Å². The highest BCUT2D eigenvalue weighted by atomic mass is 16.5. The van der Waals surface area contributed by atoms with Crippen LogP contribution in [0.1, 0.15) is 63.0 Å². The fourth-order valence-corrected chi connectivity index (χ4v) is 5.93. The van der Waals surface area contributed by atoms with Crippen LogP contribution in [-0.4, -0.2) is 39.2 Å². The molecule has 0 aromatic heterocycles. The number of aromatic hydroxyl groups is 2. The van der Waals surface area contributed by atoms with E-state index in [0.717, 1.165) is 58.7 Å². The summed E-state index contributed by atoms with van der Waals surface area (Å²) in [4.78, 5) is 0. The molecule has 39 heavy (non-hydrogen) atoms. The number of benzene rings is 3. The minimum absolute atomic E-state index is 0.0739. The van der Waals surface area contributed by atoms with E-state index in [4.69, 9.17) is 4.74 Å². The minimum atomic E-state index is -0.702. The van der Waals surface area contributed by atoms with Crippen LogP contribution in [0, 0.1) is 23.7 Å². The van der Waals surface area contributed by atoms with Crippen molar-refractivity contribution in [2.24, 2.45) is 11.8 Å². The highest BCUT2D eigenvalue weighted by Gasteiger charge is 2.28. The highest BCUT2D eigenvalue weighted by Crippen LogP contribution is 2.45. The summed E-state index contributed by atoms with van der Waals surface area (Å²) >= 11 is 0. The number of aryl methyl sites for hydroxylation is 1. The third-order valence-corrected chi connectivity index (χ3v) is 8.24. The second kappa shape index (κ2) is 12.2. The molecular weight excluding hydrogens is 488 g/mol. The molecule has 0 radical (unpaired) electrons. The number of fused-ring (bicyclic) bond motifs is 4. The van der Waals surface area contributed by atoms with Crippen molar-refractivity contribution in [2.45, 2.75) is 70.5 Å². The van der Waals surface area contributed by atoms with Gasteiger partial charge >= 0.3 is 0 Å². The molecular formula is C34H38O5. The van der Waals surface area contributed by atoms with Crippen LogP contribution in [-0.2, 0) is 6.42 Å². The molecule has 0 saturated heterocycles. The standard InChI is InChI=1S/C34H38O5/c1-2-22-7-3-4-11-30(36)28(10-5-8-22)31(37)16-13-23-14-17-32(38)34-33(23)29-21-24-12-15-27(35)20-26(24)19-25(29)9-6-18-39-34/h6,9,12,14-15,17,19-22,28,30-31,35-38H,2-4,7,10-11,13,16,18H2,1H3/t22-,28+,30+,31-/m1/s1. The lowest BCUT2D eigenvalue weighted by molar-refractivity contribution is 0.00561. The predicted octanol–water partition coefficient (Wildman–Crippen LogP) is 6.59. The van der Waals surface area contributed by atoms with Crippen molar-refractivity contribution in [1.82, 2.24) is 0 Å². The molecule has 4 N–H and O–H groups in total. The maximum Gasteiger partial charge on any atom is 0.169 e. The van der Waals surface area contributed by atoms with E-state index in [1.54, 1.807) is 18.2 Å². The fraction of sp³-hybridized carbons (Fsp3) is 0.412. The van der Waals surface area contributed by atoms with Crippen LogP contribution >= 0.6 is 0 Å². The van der Waals surface area contributed by atoms with Gasteiger partial charge in [-0.25, -0.2) is 0 Å². The molecule has 204 valence electrons. The topological polar surface area (TPSA) is 90.2 Å². The van der Waals surface area contributed by atoms with E-state index in [-0.39, 0.29) is 17.4 Å². The Hall–Kier alpha value is -3.46. The average Bonchev–Trinajstić information content (AvgIpc) is 2.92. The lowest BCUT2D eigenvalue weighted by Gasteiger charge is -2.28. The smallest absolute Gasteiger partial charge is 0.169 e. The summed E-state index contributed by atoms with van der Waals surface area (Å²) in [5.41, 5.74) is 3.67. The maximum atomic E-state index is 11.3. The van der Waals surface area contributed by atoms with Crippen LogP contribution in [0.15, 0.2) is 48.5 Å². The number of ether oxygens (including phenoxy) is 1. The van der Waals surface area contributed by atoms with Gasteiger partial charge in [-0.15, -0.1) is 5.92 Å². The zero-order valence-electron chi connectivity index (χ0n) is 22.6. The Balaban J connectivity index is 1.47. The molecule has 4 atom stereocenters. The first-order valence-corrected chi connectivity index (χ1v) is 14.2. The van der Waals surface area contributed by atoms with Gasteiger partial charge in [0.15, 0.2) is 11.5 Å². The van der Waals surface area contributed by atoms with Gasteiger partial charge in [0.25, 0.3) is 0 Å². The van der Waals surface area contributed by atoms with E-state index in [9.17, 15) is 20.4 Å². The Bertz CT molecular complexity index is 1410. The zero-order valence-corrected chi connectivity index (χ0v) is 22.6. The summed E-state index contributed by atoms with van der Waals surface area (Å²) in [6.07, 6.45) is 8.93. The van der Waals surface area contributed by atoms with Crippen molar-refractivity contribution < 1.29 is 25.2 Å². The maximum absolute atomic E-state index is 11.3. The molecule has 3 aromatic rings. The number of phenolic OH excluding ortho intramolecular Hbond substituents is 2. The van der Waals surface area contributed by atoms with Crippen LogP contribution in [0.5, 0.6) is 17.2 Å². The lowest BCUT2D eigenvalue weighted by atomic mass is 9.84. The quantitative estimate of drug-likeness (QED) is 0.282. The van der Waals surface area contributed by atoms with Gasteiger partial charge in [-0.1, -0.05) is 43.9 Å². The van der Waals surface area contributed by atoms with Crippen molar-refractivity contribution in [2.75, 3.05) is 6.61 Å². The molecule has 0 spiro atoms. The van der Waals surface area contributed by atoms with Gasteiger partial charge < -0.3 is 25.2 Å². The number of aliphatic hydroxyl groups excluding tert-OH is 2. The molecule has 3 aromatic carbocycles. The van der Waals surface area contributed by atoms with E-state index in [1.807, 2.05) is 30.4 Å². The Morgan fingerprint density at radius 1 is 1.03 bits per heavy atom. The summed E-state index contributed by atoms with van der Waals surface area (Å²) < 4.78 is 6.01.